The van der Waals surface area contributed by atoms with Crippen LogP contribution in [0.1, 0.15) is 20.3 Å². The maximum Gasteiger partial charge on any atom is 0.315 e. The zero-order valence-electron chi connectivity index (χ0n) is 7.98. The van der Waals surface area contributed by atoms with Crippen molar-refractivity contribution >= 4 is 6.03 Å². The van der Waals surface area contributed by atoms with E-state index in [-0.39, 0.29) is 12.1 Å². The molecule has 0 heterocycles. The third kappa shape index (κ3) is 6.77. The van der Waals surface area contributed by atoms with E-state index in [9.17, 15) is 4.79 Å². The van der Waals surface area contributed by atoms with E-state index >= 15 is 0 Å². The van der Waals surface area contributed by atoms with Gasteiger partial charge in [-0.15, -0.1) is 18.3 Å². The van der Waals surface area contributed by atoms with Gasteiger partial charge in [0.15, 0.2) is 0 Å². The number of terminal acetylenes is 1. The molecule has 0 fully saturated rings. The van der Waals surface area contributed by atoms with E-state index in [0.717, 1.165) is 0 Å². The Morgan fingerprint density at radius 3 is 2.85 bits per heavy atom. The van der Waals surface area contributed by atoms with E-state index in [1.54, 1.807) is 13.8 Å². The van der Waals surface area contributed by atoms with Gasteiger partial charge in [0.1, 0.15) is 0 Å². The van der Waals surface area contributed by atoms with Crippen LogP contribution in [-0.2, 0) is 0 Å². The van der Waals surface area contributed by atoms with E-state index in [0.29, 0.717) is 13.0 Å². The largest absolute Gasteiger partial charge is 0.337 e. The summed E-state index contributed by atoms with van der Waals surface area (Å²) in [6.07, 6.45) is 5.74. The summed E-state index contributed by atoms with van der Waals surface area (Å²) in [4.78, 5) is 11.0. The van der Waals surface area contributed by atoms with Gasteiger partial charge < -0.3 is 10.6 Å². The fourth-order valence-electron chi connectivity index (χ4n) is 0.653. The van der Waals surface area contributed by atoms with Gasteiger partial charge in [0.2, 0.25) is 0 Å². The van der Waals surface area contributed by atoms with Crippen LogP contribution in [0.25, 0.3) is 0 Å². The molecule has 1 atom stereocenters. The van der Waals surface area contributed by atoms with Crippen LogP contribution >= 0.6 is 0 Å². The van der Waals surface area contributed by atoms with Gasteiger partial charge in [-0.3, -0.25) is 0 Å². The second kappa shape index (κ2) is 7.06. The normalized spacial score (nSPS) is 10.2. The summed E-state index contributed by atoms with van der Waals surface area (Å²) < 4.78 is 0. The van der Waals surface area contributed by atoms with Gasteiger partial charge in [-0.2, -0.15) is 0 Å². The van der Waals surface area contributed by atoms with Crippen LogP contribution in [0.5, 0.6) is 0 Å². The number of nitrogens with one attached hydrogen (secondary N) is 2. The Bertz CT molecular complexity index is 254. The third-order valence-corrected chi connectivity index (χ3v) is 1.31. The van der Waals surface area contributed by atoms with Crippen LogP contribution in [0.3, 0.4) is 0 Å². The first kappa shape index (κ1) is 11.4. The molecule has 0 aromatic rings. The van der Waals surface area contributed by atoms with E-state index < -0.39 is 0 Å². The Morgan fingerprint density at radius 1 is 1.62 bits per heavy atom. The molecule has 0 saturated carbocycles. The molecule has 0 bridgehead atoms. The van der Waals surface area contributed by atoms with Crippen molar-refractivity contribution in [2.24, 2.45) is 0 Å². The molecule has 0 spiro atoms. The minimum absolute atomic E-state index is 0.239. The zero-order valence-corrected chi connectivity index (χ0v) is 7.98. The summed E-state index contributed by atoms with van der Waals surface area (Å²) in [6, 6.07) is -0.486. The molecule has 0 aliphatic heterocycles. The van der Waals surface area contributed by atoms with Gasteiger partial charge in [0, 0.05) is 13.0 Å². The molecular formula is C10H14N2O. The molecule has 0 aromatic carbocycles. The Morgan fingerprint density at radius 2 is 2.31 bits per heavy atom. The lowest BCUT2D eigenvalue weighted by molar-refractivity contribution is 0.240. The number of hydrogen-bond donors (Lipinski definition) is 2. The fraction of sp³-hybridized carbons (Fsp3) is 0.500. The number of urea groups is 1. The molecule has 0 aromatic heterocycles. The maximum atomic E-state index is 11.0. The predicted octanol–water partition coefficient (Wildman–Crippen LogP) is 0.721. The summed E-state index contributed by atoms with van der Waals surface area (Å²) in [5, 5.41) is 5.21. The molecule has 0 rings (SSSR count). The molecule has 2 N–H and O–H groups in total. The zero-order chi connectivity index (χ0) is 10.1. The highest BCUT2D eigenvalue weighted by Gasteiger charge is 2.01. The van der Waals surface area contributed by atoms with Crippen LogP contribution in [-0.4, -0.2) is 18.6 Å². The van der Waals surface area contributed by atoms with E-state index in [4.69, 9.17) is 6.42 Å². The van der Waals surface area contributed by atoms with Crippen LogP contribution in [0.15, 0.2) is 0 Å². The smallest absolute Gasteiger partial charge is 0.315 e. The summed E-state index contributed by atoms with van der Waals surface area (Å²) in [5.74, 6) is 7.97. The summed E-state index contributed by atoms with van der Waals surface area (Å²) >= 11 is 0. The van der Waals surface area contributed by atoms with Crippen molar-refractivity contribution in [3.8, 4) is 24.2 Å². The second-order valence-electron chi connectivity index (χ2n) is 2.47. The number of hydrogen-bond acceptors (Lipinski definition) is 1. The summed E-state index contributed by atoms with van der Waals surface area (Å²) in [7, 11) is 0. The van der Waals surface area contributed by atoms with Crippen LogP contribution in [0, 0.1) is 24.2 Å². The van der Waals surface area contributed by atoms with Gasteiger partial charge >= 0.3 is 6.03 Å². The topological polar surface area (TPSA) is 41.1 Å². The van der Waals surface area contributed by atoms with E-state index in [1.165, 1.54) is 0 Å². The molecule has 13 heavy (non-hydrogen) atoms. The number of carbonyl (C=O) groups is 1. The predicted molar refractivity (Wildman–Crippen MR) is 52.9 cm³/mol. The van der Waals surface area contributed by atoms with Gasteiger partial charge in [0.25, 0.3) is 0 Å². The maximum absolute atomic E-state index is 11.0. The Kier molecular flexibility index (Phi) is 6.19. The standard InChI is InChI=1S/C10H14N2O/c1-4-6-7-8-11-10(13)12-9(3)5-2/h2,9H,7-8H2,1,3H3,(H2,11,12,13). The van der Waals surface area contributed by atoms with Gasteiger partial charge in [-0.1, -0.05) is 5.92 Å². The quantitative estimate of drug-likeness (QED) is 0.485. The Hall–Kier alpha value is -1.61. The molecule has 0 aliphatic rings. The molecule has 3 nitrogen and oxygen atoms in total. The van der Waals surface area contributed by atoms with Crippen LogP contribution in [0.4, 0.5) is 4.79 Å². The average Bonchev–Trinajstić information content (AvgIpc) is 2.12. The van der Waals surface area contributed by atoms with Gasteiger partial charge in [0.05, 0.1) is 6.04 Å². The molecule has 0 radical (unpaired) electrons. The van der Waals surface area contributed by atoms with E-state index in [1.807, 2.05) is 0 Å². The van der Waals surface area contributed by atoms with Crippen molar-refractivity contribution in [1.29, 1.82) is 0 Å². The lowest BCUT2D eigenvalue weighted by Crippen LogP contribution is -2.40. The van der Waals surface area contributed by atoms with Crippen molar-refractivity contribution in [2.45, 2.75) is 26.3 Å². The van der Waals surface area contributed by atoms with Crippen molar-refractivity contribution < 1.29 is 4.79 Å². The Balaban J connectivity index is 3.51. The molecule has 0 aliphatic carbocycles. The molecule has 3 heteroatoms. The minimum Gasteiger partial charge on any atom is -0.337 e. The van der Waals surface area contributed by atoms with Gasteiger partial charge in [-0.05, 0) is 13.8 Å². The van der Waals surface area contributed by atoms with Crippen molar-refractivity contribution in [3.05, 3.63) is 0 Å². The fourth-order valence-corrected chi connectivity index (χ4v) is 0.653. The molecule has 70 valence electrons. The lowest BCUT2D eigenvalue weighted by Gasteiger charge is -2.07. The molecule has 0 saturated heterocycles. The minimum atomic E-state index is -0.247. The highest BCUT2D eigenvalue weighted by molar-refractivity contribution is 5.74. The van der Waals surface area contributed by atoms with Crippen molar-refractivity contribution in [2.75, 3.05) is 6.54 Å². The first-order chi connectivity index (χ1) is 6.20. The van der Waals surface area contributed by atoms with E-state index in [2.05, 4.69) is 28.4 Å². The van der Waals surface area contributed by atoms with Crippen LogP contribution in [0.2, 0.25) is 0 Å². The Labute approximate surface area is 79.3 Å². The number of amides is 2. The SMILES string of the molecule is C#CC(C)NC(=O)NCCC#CC. The first-order valence-electron chi connectivity index (χ1n) is 4.10. The first-order valence-corrected chi connectivity index (χ1v) is 4.10. The monoisotopic (exact) mass is 178 g/mol. The second-order valence-corrected chi connectivity index (χ2v) is 2.47. The average molecular weight is 178 g/mol. The van der Waals surface area contributed by atoms with Crippen molar-refractivity contribution in [1.82, 2.24) is 10.6 Å². The lowest BCUT2D eigenvalue weighted by atomic mass is 10.4. The highest BCUT2D eigenvalue weighted by atomic mass is 16.2. The number of carbonyl (C=O) groups excluding carboxylic acids is 1. The van der Waals surface area contributed by atoms with Gasteiger partial charge in [-0.25, -0.2) is 4.79 Å². The van der Waals surface area contributed by atoms with Crippen LogP contribution < -0.4 is 10.6 Å². The third-order valence-electron chi connectivity index (χ3n) is 1.31. The summed E-state index contributed by atoms with van der Waals surface area (Å²) in [5.41, 5.74) is 0. The molecular weight excluding hydrogens is 164 g/mol. The molecule has 2 amide bonds. The number of rotatable bonds is 3. The summed E-state index contributed by atoms with van der Waals surface area (Å²) in [6.45, 7) is 4.05. The van der Waals surface area contributed by atoms with Crippen molar-refractivity contribution in [3.63, 3.8) is 0 Å². The molecule has 1 unspecified atom stereocenters. The highest BCUT2D eigenvalue weighted by Crippen LogP contribution is 1.77.